The number of aryl methyl sites for hydroxylation is 1. The van der Waals surface area contributed by atoms with Crippen LogP contribution in [0.3, 0.4) is 0 Å². The van der Waals surface area contributed by atoms with Crippen LogP contribution in [-0.2, 0) is 0 Å². The van der Waals surface area contributed by atoms with Gasteiger partial charge in [0.1, 0.15) is 5.00 Å². The predicted molar refractivity (Wildman–Crippen MR) is 119 cm³/mol. The molecular formula is C21H28ErN6S-2. The molecule has 0 bridgehead atoms. The second-order valence-corrected chi connectivity index (χ2v) is 8.20. The molecule has 0 aromatic carbocycles. The Bertz CT molecular complexity index is 971. The zero-order valence-corrected chi connectivity index (χ0v) is 20.2. The molecule has 3 aromatic heterocycles. The summed E-state index contributed by atoms with van der Waals surface area (Å²) in [4.78, 5) is 22.1. The van der Waals surface area contributed by atoms with Gasteiger partial charge in [0.05, 0.1) is 17.1 Å². The Balaban J connectivity index is 0.00000150. The average Bonchev–Trinajstić information content (AvgIpc) is 3.28. The minimum Gasteiger partial charge on any atom is -0.422 e. The molecule has 1 fully saturated rings. The van der Waals surface area contributed by atoms with Gasteiger partial charge >= 0.3 is 0 Å². The van der Waals surface area contributed by atoms with Gasteiger partial charge in [-0.15, -0.1) is 6.07 Å². The maximum Gasteiger partial charge on any atom is 0.187 e. The quantitative estimate of drug-likeness (QED) is 0.381. The molecule has 0 atom stereocenters. The van der Waals surface area contributed by atoms with E-state index in [4.69, 9.17) is 9.98 Å². The number of anilines is 1. The summed E-state index contributed by atoms with van der Waals surface area (Å²) in [6.45, 7) is 6.33. The van der Waals surface area contributed by atoms with Crippen molar-refractivity contribution < 1.29 is 37.3 Å². The monoisotopic (exact) mass is 562 g/mol. The van der Waals surface area contributed by atoms with Crippen molar-refractivity contribution in [1.29, 1.82) is 0 Å². The van der Waals surface area contributed by atoms with E-state index in [1.807, 2.05) is 26.1 Å². The number of aromatic amines is 1. The Hall–Kier alpha value is -1.00. The molecule has 0 unspecified atom stereocenters. The van der Waals surface area contributed by atoms with Crippen LogP contribution in [0, 0.1) is 57.7 Å². The van der Waals surface area contributed by atoms with Crippen molar-refractivity contribution in [2.24, 2.45) is 4.99 Å². The number of nitrogens with one attached hydrogen (secondary N) is 1. The molecule has 3 aromatic rings. The Labute approximate surface area is 207 Å². The molecule has 0 radical (unpaired) electrons. The summed E-state index contributed by atoms with van der Waals surface area (Å²) < 4.78 is 0. The number of rotatable bonds is 4. The molecule has 1 saturated heterocycles. The number of aliphatic imine (C=N–C) groups is 1. The Kier molecular flexibility index (Phi) is 8.66. The first kappa shape index (κ1) is 24.3. The summed E-state index contributed by atoms with van der Waals surface area (Å²) in [5.41, 5.74) is 3.70. The molecule has 4 rings (SSSR count). The van der Waals surface area contributed by atoms with Crippen molar-refractivity contribution in [3.8, 4) is 0 Å². The number of nitrogens with zero attached hydrogens (tertiary/aromatic N) is 5. The number of hydrogen-bond donors (Lipinski definition) is 1. The molecule has 0 saturated carbocycles. The molecule has 0 spiro atoms. The summed E-state index contributed by atoms with van der Waals surface area (Å²) in [6.07, 6.45) is 5.98. The maximum atomic E-state index is 4.86. The SMILES string of the molecule is C/C(=N\c1sc(N(C)C2CCN(C)CC2)nc1C)c1nc[c-]c2cc[nH]c12.[CH3-].[Er]. The normalized spacial score (nSPS) is 15.8. The zero-order chi connectivity index (χ0) is 19.0. The topological polar surface area (TPSA) is 60.4 Å². The van der Waals surface area contributed by atoms with Crippen molar-refractivity contribution in [2.75, 3.05) is 32.1 Å². The van der Waals surface area contributed by atoms with Gasteiger partial charge < -0.3 is 22.2 Å². The minimum absolute atomic E-state index is 0. The van der Waals surface area contributed by atoms with Crippen molar-refractivity contribution in [3.05, 3.63) is 43.3 Å². The number of hydrogen-bond acceptors (Lipinski definition) is 6. The van der Waals surface area contributed by atoms with Gasteiger partial charge in [-0.3, -0.25) is 4.98 Å². The summed E-state index contributed by atoms with van der Waals surface area (Å²) in [5, 5.41) is 3.03. The Morgan fingerprint density at radius 1 is 1.38 bits per heavy atom. The molecule has 8 heteroatoms. The third kappa shape index (κ3) is 5.19. The number of aromatic nitrogens is 3. The fourth-order valence-corrected chi connectivity index (χ4v) is 4.59. The van der Waals surface area contributed by atoms with Gasteiger partial charge in [0.2, 0.25) is 0 Å². The molecular weight excluding hydrogens is 536 g/mol. The van der Waals surface area contributed by atoms with Crippen LogP contribution in [-0.4, -0.2) is 58.8 Å². The first-order valence-corrected chi connectivity index (χ1v) is 10.1. The first-order valence-electron chi connectivity index (χ1n) is 9.31. The van der Waals surface area contributed by atoms with Gasteiger partial charge in [-0.2, -0.15) is 11.5 Å². The van der Waals surface area contributed by atoms with Crippen molar-refractivity contribution >= 4 is 38.1 Å². The molecule has 29 heavy (non-hydrogen) atoms. The van der Waals surface area contributed by atoms with Crippen LogP contribution in [0.2, 0.25) is 0 Å². The van der Waals surface area contributed by atoms with Gasteiger partial charge in [-0.05, 0) is 58.5 Å². The van der Waals surface area contributed by atoms with Crippen LogP contribution >= 0.6 is 11.3 Å². The number of thiazole rings is 1. The van der Waals surface area contributed by atoms with E-state index in [9.17, 15) is 0 Å². The third-order valence-electron chi connectivity index (χ3n) is 5.31. The van der Waals surface area contributed by atoms with E-state index in [0.29, 0.717) is 6.04 Å². The second kappa shape index (κ2) is 10.3. The summed E-state index contributed by atoms with van der Waals surface area (Å²) >= 11 is 1.66. The summed E-state index contributed by atoms with van der Waals surface area (Å²) in [7, 11) is 4.35. The smallest absolute Gasteiger partial charge is 0.187 e. The van der Waals surface area contributed by atoms with Crippen LogP contribution < -0.4 is 4.90 Å². The van der Waals surface area contributed by atoms with Crippen LogP contribution in [0.5, 0.6) is 0 Å². The molecule has 0 aliphatic carbocycles. The standard InChI is InChI=1S/C20H25N6S.CH3.Er/c1-13(17-18-15(5-9-21-17)6-10-22-18)23-19-14(2)24-20(27-19)26(4)16-7-11-25(3)12-8-16;;/h6,9-10,16,22H,7-8,11-12H2,1-4H3;1H3;/q2*-1;/b23-13+;;. The molecule has 4 heterocycles. The van der Waals surface area contributed by atoms with E-state index in [1.54, 1.807) is 17.5 Å². The van der Waals surface area contributed by atoms with Gasteiger partial charge in [-0.25, -0.2) is 9.98 Å². The van der Waals surface area contributed by atoms with E-state index in [1.165, 1.54) is 12.8 Å². The van der Waals surface area contributed by atoms with Gasteiger partial charge in [-0.1, -0.05) is 17.5 Å². The number of fused-ring (bicyclic) bond motifs is 1. The fourth-order valence-electron chi connectivity index (χ4n) is 3.56. The van der Waals surface area contributed by atoms with Crippen molar-refractivity contribution in [3.63, 3.8) is 0 Å². The number of H-pyrrole nitrogens is 1. The fraction of sp³-hybridized carbons (Fsp3) is 0.429. The van der Waals surface area contributed by atoms with E-state index >= 15 is 0 Å². The van der Waals surface area contributed by atoms with Gasteiger partial charge in [0.25, 0.3) is 0 Å². The second-order valence-electron chi connectivity index (χ2n) is 7.25. The molecule has 1 N–H and O–H groups in total. The van der Waals surface area contributed by atoms with E-state index < -0.39 is 0 Å². The van der Waals surface area contributed by atoms with Crippen molar-refractivity contribution in [2.45, 2.75) is 32.7 Å². The Morgan fingerprint density at radius 2 is 2.10 bits per heavy atom. The van der Waals surface area contributed by atoms with Crippen LogP contribution in [0.4, 0.5) is 10.1 Å². The summed E-state index contributed by atoms with van der Waals surface area (Å²) in [5.74, 6) is 0. The molecule has 162 valence electrons. The number of likely N-dealkylation sites (tertiary alicyclic amines) is 1. The molecule has 6 nitrogen and oxygen atoms in total. The van der Waals surface area contributed by atoms with Crippen molar-refractivity contribution in [1.82, 2.24) is 19.9 Å². The molecule has 1 aliphatic rings. The number of piperidine rings is 1. The van der Waals surface area contributed by atoms with Gasteiger partial charge in [0.15, 0.2) is 5.13 Å². The zero-order valence-electron chi connectivity index (χ0n) is 17.6. The maximum absolute atomic E-state index is 4.86. The predicted octanol–water partition coefficient (Wildman–Crippen LogP) is 4.25. The van der Waals surface area contributed by atoms with E-state index in [-0.39, 0.29) is 44.7 Å². The summed E-state index contributed by atoms with van der Waals surface area (Å²) in [6, 6.07) is 5.69. The third-order valence-corrected chi connectivity index (χ3v) is 6.45. The van der Waals surface area contributed by atoms with Crippen LogP contribution in [0.15, 0.2) is 23.5 Å². The molecule has 0 amide bonds. The molecule has 1 aliphatic heterocycles. The first-order chi connectivity index (χ1) is 13.0. The van der Waals surface area contributed by atoms with Gasteiger partial charge in [0, 0.05) is 50.4 Å². The van der Waals surface area contributed by atoms with E-state index in [2.05, 4.69) is 39.9 Å². The van der Waals surface area contributed by atoms with Crippen LogP contribution in [0.1, 0.15) is 31.2 Å². The Morgan fingerprint density at radius 3 is 2.83 bits per heavy atom. The van der Waals surface area contributed by atoms with E-state index in [0.717, 1.165) is 51.2 Å². The number of pyridine rings is 1. The average molecular weight is 564 g/mol. The minimum atomic E-state index is 0. The van der Waals surface area contributed by atoms with Crippen LogP contribution in [0.25, 0.3) is 10.9 Å². The largest absolute Gasteiger partial charge is 0.422 e.